The van der Waals surface area contributed by atoms with E-state index >= 15 is 0 Å². The summed E-state index contributed by atoms with van der Waals surface area (Å²) in [4.78, 5) is 24.7. The van der Waals surface area contributed by atoms with Gasteiger partial charge in [-0.2, -0.15) is 0 Å². The molecule has 0 aliphatic rings. The lowest BCUT2D eigenvalue weighted by Gasteiger charge is -2.20. The number of pyridine rings is 1. The minimum absolute atomic E-state index is 0.0523. The Balaban J connectivity index is 1.82. The molecular weight excluding hydrogens is 411 g/mol. The summed E-state index contributed by atoms with van der Waals surface area (Å²) in [5.41, 5.74) is 1.24. The number of aromatic nitrogens is 1. The molecule has 0 aliphatic heterocycles. The van der Waals surface area contributed by atoms with Crippen molar-refractivity contribution in [1.29, 1.82) is 0 Å². The van der Waals surface area contributed by atoms with Crippen molar-refractivity contribution < 1.29 is 9.90 Å². The zero-order valence-corrected chi connectivity index (χ0v) is 17.2. The Morgan fingerprint density at radius 1 is 1.10 bits per heavy atom. The van der Waals surface area contributed by atoms with Crippen LogP contribution in [0.15, 0.2) is 65.6 Å². The first-order valence-electron chi connectivity index (χ1n) is 9.05. The number of aryl methyl sites for hydroxylation is 2. The summed E-state index contributed by atoms with van der Waals surface area (Å²) in [7, 11) is 1.51. The molecule has 0 saturated carbocycles. The van der Waals surface area contributed by atoms with Crippen LogP contribution in [0.5, 0.6) is 5.75 Å². The molecule has 0 fully saturated rings. The van der Waals surface area contributed by atoms with Gasteiger partial charge in [0.1, 0.15) is 0 Å². The van der Waals surface area contributed by atoms with Crippen LogP contribution in [-0.2, 0) is 13.5 Å². The Hall–Kier alpha value is -2.76. The van der Waals surface area contributed by atoms with E-state index in [0.29, 0.717) is 22.9 Å². The zero-order chi connectivity index (χ0) is 21.0. The summed E-state index contributed by atoms with van der Waals surface area (Å²) in [5, 5.41) is 14.0. The zero-order valence-electron chi connectivity index (χ0n) is 15.7. The molecule has 29 heavy (non-hydrogen) atoms. The number of carbonyl (C=O) groups is 1. The van der Waals surface area contributed by atoms with E-state index in [4.69, 9.17) is 23.2 Å². The Labute approximate surface area is 178 Å². The van der Waals surface area contributed by atoms with E-state index in [1.54, 1.807) is 12.1 Å². The molecule has 1 amide bonds. The fourth-order valence-electron chi connectivity index (χ4n) is 3.05. The summed E-state index contributed by atoms with van der Waals surface area (Å²) >= 11 is 12.1. The number of benzene rings is 2. The second kappa shape index (κ2) is 9.16. The van der Waals surface area contributed by atoms with Crippen molar-refractivity contribution in [2.75, 3.05) is 0 Å². The number of hydrogen-bond donors (Lipinski definition) is 2. The first-order valence-corrected chi connectivity index (χ1v) is 9.80. The van der Waals surface area contributed by atoms with Crippen LogP contribution in [0, 0.1) is 0 Å². The Kier molecular flexibility index (Phi) is 6.62. The van der Waals surface area contributed by atoms with Crippen LogP contribution in [0.3, 0.4) is 0 Å². The highest BCUT2D eigenvalue weighted by Gasteiger charge is 2.20. The summed E-state index contributed by atoms with van der Waals surface area (Å²) in [6.45, 7) is 0. The molecule has 5 nitrogen and oxygen atoms in total. The van der Waals surface area contributed by atoms with Gasteiger partial charge in [0.2, 0.25) is 0 Å². The van der Waals surface area contributed by atoms with Gasteiger partial charge >= 0.3 is 0 Å². The highest BCUT2D eigenvalue weighted by molar-refractivity contribution is 6.42. The quantitative estimate of drug-likeness (QED) is 0.604. The topological polar surface area (TPSA) is 71.3 Å². The maximum Gasteiger partial charge on any atom is 0.293 e. The molecule has 1 heterocycles. The predicted molar refractivity (Wildman–Crippen MR) is 115 cm³/mol. The Bertz CT molecular complexity index is 1080. The molecule has 0 saturated heterocycles. The molecule has 0 radical (unpaired) electrons. The summed E-state index contributed by atoms with van der Waals surface area (Å²) in [6.07, 6.45) is 2.70. The van der Waals surface area contributed by atoms with Crippen molar-refractivity contribution in [3.05, 3.63) is 97.9 Å². The van der Waals surface area contributed by atoms with Crippen LogP contribution in [0.2, 0.25) is 10.0 Å². The van der Waals surface area contributed by atoms with E-state index in [1.807, 2.05) is 36.4 Å². The summed E-state index contributed by atoms with van der Waals surface area (Å²) < 4.78 is 1.21. The van der Waals surface area contributed by atoms with Gasteiger partial charge in [-0.25, -0.2) is 0 Å². The van der Waals surface area contributed by atoms with Crippen molar-refractivity contribution in [2.24, 2.45) is 7.05 Å². The van der Waals surface area contributed by atoms with Crippen molar-refractivity contribution in [3.8, 4) is 5.75 Å². The van der Waals surface area contributed by atoms with Gasteiger partial charge in [-0.05, 0) is 42.2 Å². The van der Waals surface area contributed by atoms with Crippen LogP contribution < -0.4 is 10.9 Å². The lowest BCUT2D eigenvalue weighted by molar-refractivity contribution is 0.0931. The van der Waals surface area contributed by atoms with E-state index in [0.717, 1.165) is 11.1 Å². The maximum absolute atomic E-state index is 12.8. The molecule has 7 heteroatoms. The van der Waals surface area contributed by atoms with Gasteiger partial charge in [0.15, 0.2) is 5.75 Å². The predicted octanol–water partition coefficient (Wildman–Crippen LogP) is 4.50. The number of rotatable bonds is 6. The average molecular weight is 431 g/mol. The van der Waals surface area contributed by atoms with Crippen LogP contribution in [-0.4, -0.2) is 15.6 Å². The van der Waals surface area contributed by atoms with Crippen molar-refractivity contribution in [1.82, 2.24) is 9.88 Å². The number of hydrogen-bond acceptors (Lipinski definition) is 3. The van der Waals surface area contributed by atoms with Crippen molar-refractivity contribution in [2.45, 2.75) is 18.9 Å². The molecule has 2 aromatic carbocycles. The lowest BCUT2D eigenvalue weighted by Crippen LogP contribution is -2.30. The Morgan fingerprint density at radius 2 is 1.83 bits per heavy atom. The normalized spacial score (nSPS) is 11.8. The molecule has 150 valence electrons. The van der Waals surface area contributed by atoms with Gasteiger partial charge in [0.05, 0.1) is 21.7 Å². The van der Waals surface area contributed by atoms with E-state index in [9.17, 15) is 14.7 Å². The average Bonchev–Trinajstić information content (AvgIpc) is 2.72. The van der Waals surface area contributed by atoms with Crippen LogP contribution in [0.25, 0.3) is 0 Å². The summed E-state index contributed by atoms with van der Waals surface area (Å²) in [5.74, 6) is -1.08. The van der Waals surface area contributed by atoms with E-state index in [1.165, 1.54) is 23.9 Å². The highest BCUT2D eigenvalue weighted by Crippen LogP contribution is 2.26. The molecule has 2 N–H and O–H groups in total. The molecular formula is C22H20Cl2N2O3. The maximum atomic E-state index is 12.8. The third-order valence-corrected chi connectivity index (χ3v) is 5.44. The van der Waals surface area contributed by atoms with Gasteiger partial charge in [-0.3, -0.25) is 9.59 Å². The monoisotopic (exact) mass is 430 g/mol. The lowest BCUT2D eigenvalue weighted by atomic mass is 9.98. The fraction of sp³-hybridized carbons (Fsp3) is 0.182. The van der Waals surface area contributed by atoms with Crippen LogP contribution in [0.4, 0.5) is 0 Å². The molecule has 0 bridgehead atoms. The number of nitrogens with zero attached hydrogens (tertiary/aromatic N) is 1. The van der Waals surface area contributed by atoms with Crippen molar-refractivity contribution in [3.63, 3.8) is 0 Å². The molecule has 1 atom stereocenters. The third kappa shape index (κ3) is 5.00. The number of aromatic hydroxyl groups is 1. The van der Waals surface area contributed by atoms with Crippen molar-refractivity contribution >= 4 is 29.1 Å². The molecule has 3 aromatic rings. The largest absolute Gasteiger partial charge is 0.502 e. The van der Waals surface area contributed by atoms with Gasteiger partial charge in [-0.1, -0.05) is 59.6 Å². The fourth-order valence-corrected chi connectivity index (χ4v) is 3.37. The second-order valence-electron chi connectivity index (χ2n) is 6.72. The van der Waals surface area contributed by atoms with Crippen LogP contribution in [0.1, 0.15) is 33.9 Å². The van der Waals surface area contributed by atoms with Gasteiger partial charge in [0, 0.05) is 13.2 Å². The van der Waals surface area contributed by atoms with E-state index < -0.39 is 17.2 Å². The number of carbonyl (C=O) groups excluding carboxylic acids is 1. The van der Waals surface area contributed by atoms with Gasteiger partial charge in [-0.15, -0.1) is 0 Å². The molecule has 1 aromatic heterocycles. The standard InChI is InChI=1S/C22H20Cl2N2O3/c1-26-12-11-16(20(27)22(26)29)21(28)25-19(15-5-3-2-4-6-15)10-8-14-7-9-17(23)18(24)13-14/h2-7,9,11-13,19,27H,8,10H2,1H3,(H,25,28). The third-order valence-electron chi connectivity index (χ3n) is 4.70. The number of amides is 1. The first-order chi connectivity index (χ1) is 13.9. The SMILES string of the molecule is Cn1ccc(C(=O)NC(CCc2ccc(Cl)c(Cl)c2)c2ccccc2)c(O)c1=O. The van der Waals surface area contributed by atoms with E-state index in [2.05, 4.69) is 5.32 Å². The number of nitrogens with one attached hydrogen (secondary N) is 1. The first kappa shape index (κ1) is 21.0. The van der Waals surface area contributed by atoms with Crippen LogP contribution >= 0.6 is 23.2 Å². The smallest absolute Gasteiger partial charge is 0.293 e. The highest BCUT2D eigenvalue weighted by atomic mass is 35.5. The van der Waals surface area contributed by atoms with Gasteiger partial charge in [0.25, 0.3) is 11.5 Å². The Morgan fingerprint density at radius 3 is 2.52 bits per heavy atom. The number of halogens is 2. The molecule has 1 unspecified atom stereocenters. The van der Waals surface area contributed by atoms with E-state index in [-0.39, 0.29) is 11.6 Å². The molecule has 0 spiro atoms. The van der Waals surface area contributed by atoms with Gasteiger partial charge < -0.3 is 15.0 Å². The minimum atomic E-state index is -0.621. The molecule has 3 rings (SSSR count). The molecule has 0 aliphatic carbocycles. The minimum Gasteiger partial charge on any atom is -0.502 e. The summed E-state index contributed by atoms with van der Waals surface area (Å²) in [6, 6.07) is 16.1. The second-order valence-corrected chi connectivity index (χ2v) is 7.53.